The standard InChI is InChI=1S/C61H81ClN12O13/c1-11-28-74(59(85)66-47(23-18-31-75)55(81)73-29-15-12-16-30-73)60(86)72(10)56(82)50(34-41-19-17-20-43(62)32-41)71(9)53(79)38(2)70(8)51(77)37-69(7)54(80)49(33-40-24-26-44(27-25-40)87-61(4,5)6)65-57(83)68-58(84)67-52(78)48(64-39(3)76)35-42-36-63-46-22-14-13-21-45(42)46/h13-14,17-27,31-32,36,38,47-50,55,63,81H,11-12,15-16,28-30,33-35,37H2,1-10H3,(H,64,76)(H,66,85)(H3,65,67,68,78,83,84)/t38?,47?,48?,49-,50?,55?/m1/s1. The molecule has 87 heavy (non-hydrogen) atoms. The van der Waals surface area contributed by atoms with Crippen LogP contribution in [0.2, 0.25) is 5.02 Å². The summed E-state index contributed by atoms with van der Waals surface area (Å²) in [5.74, 6) is -4.23. The number of nitrogens with one attached hydrogen (secondary N) is 6. The number of carbonyl (C=O) groups is 11. The minimum Gasteiger partial charge on any atom is -0.488 e. The lowest BCUT2D eigenvalue weighted by atomic mass is 10.0. The molecule has 0 saturated carbocycles. The lowest BCUT2D eigenvalue weighted by Crippen LogP contribution is -2.60. The number of carbonyl (C=O) groups excluding carboxylic acids is 11. The number of likely N-dealkylation sites (tertiary alicyclic amines) is 1. The number of imide groups is 4. The van der Waals surface area contributed by atoms with Gasteiger partial charge in [0.25, 0.3) is 11.8 Å². The van der Waals surface area contributed by atoms with Gasteiger partial charge < -0.3 is 45.5 Å². The molecule has 7 N–H and O–H groups in total. The fourth-order valence-electron chi connectivity index (χ4n) is 9.78. The van der Waals surface area contributed by atoms with E-state index in [4.69, 9.17) is 16.3 Å². The van der Waals surface area contributed by atoms with Gasteiger partial charge in [-0.05, 0) is 100 Å². The number of likely N-dealkylation sites (N-methyl/N-ethyl adjacent to an activating group) is 4. The predicted molar refractivity (Wildman–Crippen MR) is 325 cm³/mol. The number of aliphatic hydroxyl groups is 1. The number of urea groups is 4. The van der Waals surface area contributed by atoms with Crippen molar-refractivity contribution in [1.29, 1.82) is 0 Å². The van der Waals surface area contributed by atoms with E-state index in [0.717, 1.165) is 62.9 Å². The van der Waals surface area contributed by atoms with Crippen molar-refractivity contribution < 1.29 is 62.6 Å². The minimum absolute atomic E-state index is 0.0156. The van der Waals surface area contributed by atoms with Crippen molar-refractivity contribution in [2.75, 3.05) is 54.4 Å². The van der Waals surface area contributed by atoms with E-state index in [1.807, 2.05) is 44.3 Å². The van der Waals surface area contributed by atoms with Crippen LogP contribution >= 0.6 is 11.6 Å². The van der Waals surface area contributed by atoms with Crippen LogP contribution in [0.5, 0.6) is 5.75 Å². The lowest BCUT2D eigenvalue weighted by molar-refractivity contribution is -0.149. The number of aromatic nitrogens is 1. The summed E-state index contributed by atoms with van der Waals surface area (Å²) in [5.41, 5.74) is 1.94. The number of aldehydes is 1. The highest BCUT2D eigenvalue weighted by Gasteiger charge is 2.39. The highest BCUT2D eigenvalue weighted by Crippen LogP contribution is 2.23. The zero-order valence-corrected chi connectivity index (χ0v) is 51.6. The molecule has 26 heteroatoms. The topological polar surface area (TPSA) is 313 Å². The Labute approximate surface area is 511 Å². The van der Waals surface area contributed by atoms with Gasteiger partial charge in [-0.2, -0.15) is 0 Å². The van der Waals surface area contributed by atoms with Gasteiger partial charge in [0.15, 0.2) is 0 Å². The number of fused-ring (bicyclic) bond motifs is 1. The fraction of sp³-hybridized carbons (Fsp3) is 0.459. The van der Waals surface area contributed by atoms with E-state index in [9.17, 15) is 57.8 Å². The van der Waals surface area contributed by atoms with Crippen molar-refractivity contribution in [3.63, 3.8) is 0 Å². The van der Waals surface area contributed by atoms with Crippen LogP contribution < -0.4 is 31.3 Å². The number of hydrogen-bond donors (Lipinski definition) is 7. The van der Waals surface area contributed by atoms with Crippen LogP contribution in [0.3, 0.4) is 0 Å². The Morgan fingerprint density at radius 1 is 0.770 bits per heavy atom. The largest absolute Gasteiger partial charge is 0.488 e. The summed E-state index contributed by atoms with van der Waals surface area (Å²) < 4.78 is 5.94. The molecule has 14 amide bonds. The third-order valence-corrected chi connectivity index (χ3v) is 14.7. The number of piperidine rings is 1. The summed E-state index contributed by atoms with van der Waals surface area (Å²) in [6.07, 6.45) is 5.84. The van der Waals surface area contributed by atoms with Gasteiger partial charge in [-0.25, -0.2) is 24.1 Å². The van der Waals surface area contributed by atoms with Gasteiger partial charge in [0.2, 0.25) is 23.6 Å². The van der Waals surface area contributed by atoms with Gasteiger partial charge >= 0.3 is 24.1 Å². The molecule has 470 valence electrons. The summed E-state index contributed by atoms with van der Waals surface area (Å²) in [5, 5.41) is 24.1. The van der Waals surface area contributed by atoms with Crippen molar-refractivity contribution in [3.05, 3.63) is 113 Å². The number of allylic oxidation sites excluding steroid dienone is 1. The third kappa shape index (κ3) is 20.2. The van der Waals surface area contributed by atoms with Crippen molar-refractivity contribution >= 4 is 88.4 Å². The van der Waals surface area contributed by atoms with Crippen molar-refractivity contribution in [2.45, 2.75) is 129 Å². The molecule has 0 aliphatic carbocycles. The molecule has 1 aromatic heterocycles. The van der Waals surface area contributed by atoms with Gasteiger partial charge in [0, 0.05) is 96.1 Å². The average Bonchev–Trinajstić information content (AvgIpc) is 3.00. The van der Waals surface area contributed by atoms with Crippen LogP contribution in [0.4, 0.5) is 19.2 Å². The van der Waals surface area contributed by atoms with Gasteiger partial charge in [-0.15, -0.1) is 0 Å². The Kier molecular flexibility index (Phi) is 25.5. The highest BCUT2D eigenvalue weighted by molar-refractivity contribution is 6.30. The lowest BCUT2D eigenvalue weighted by Gasteiger charge is -2.37. The Bertz CT molecular complexity index is 3140. The second-order valence-electron chi connectivity index (χ2n) is 22.4. The number of aromatic amines is 1. The molecule has 25 nitrogen and oxygen atoms in total. The predicted octanol–water partition coefficient (Wildman–Crippen LogP) is 4.50. The maximum atomic E-state index is 14.7. The van der Waals surface area contributed by atoms with E-state index in [-0.39, 0.29) is 32.2 Å². The molecule has 5 unspecified atom stereocenters. The third-order valence-electron chi connectivity index (χ3n) is 14.5. The normalized spacial score (nSPS) is 14.6. The Hall–Kier alpha value is -8.68. The quantitative estimate of drug-likeness (QED) is 0.0376. The first-order valence-corrected chi connectivity index (χ1v) is 29.0. The molecule has 4 aromatic rings. The molecule has 2 heterocycles. The molecule has 1 aliphatic rings. The van der Waals surface area contributed by atoms with Crippen LogP contribution in [0.15, 0.2) is 91.1 Å². The maximum Gasteiger partial charge on any atom is 0.334 e. The number of amides is 14. The summed E-state index contributed by atoms with van der Waals surface area (Å²) in [4.78, 5) is 159. The Balaban J connectivity index is 1.31. The molecule has 1 saturated heterocycles. The first-order valence-electron chi connectivity index (χ1n) is 28.6. The number of rotatable bonds is 24. The highest BCUT2D eigenvalue weighted by atomic mass is 35.5. The molecule has 0 spiro atoms. The molecule has 5 rings (SSSR count). The molecular formula is C61H81ClN12O13. The molecule has 1 aliphatic heterocycles. The number of H-pyrrole nitrogens is 1. The van der Waals surface area contributed by atoms with Crippen LogP contribution in [-0.2, 0) is 52.8 Å². The summed E-state index contributed by atoms with van der Waals surface area (Å²) in [7, 11) is 5.06. The summed E-state index contributed by atoms with van der Waals surface area (Å²) >= 11 is 6.34. The van der Waals surface area contributed by atoms with Gasteiger partial charge in [0.1, 0.15) is 48.0 Å². The van der Waals surface area contributed by atoms with Crippen LogP contribution in [-0.4, -0.2) is 202 Å². The van der Waals surface area contributed by atoms with Gasteiger partial charge in [-0.1, -0.05) is 73.5 Å². The van der Waals surface area contributed by atoms with Gasteiger partial charge in [-0.3, -0.25) is 54.0 Å². The van der Waals surface area contributed by atoms with Crippen molar-refractivity contribution in [1.82, 2.24) is 61.0 Å². The molecular weight excluding hydrogens is 1140 g/mol. The Morgan fingerprint density at radius 3 is 2.08 bits per heavy atom. The number of nitrogens with zero attached hydrogens (tertiary/aromatic N) is 6. The fourth-order valence-corrected chi connectivity index (χ4v) is 9.99. The molecule has 1 fully saturated rings. The van der Waals surface area contributed by atoms with Gasteiger partial charge in [0.05, 0.1) is 12.6 Å². The van der Waals surface area contributed by atoms with Crippen molar-refractivity contribution in [3.8, 4) is 5.75 Å². The number of para-hydroxylation sites is 1. The van der Waals surface area contributed by atoms with Crippen LogP contribution in [0, 0.1) is 0 Å². The van der Waals surface area contributed by atoms with E-state index in [0.29, 0.717) is 51.7 Å². The van der Waals surface area contributed by atoms with Crippen LogP contribution in [0.1, 0.15) is 83.9 Å². The molecule has 6 atom stereocenters. The second-order valence-corrected chi connectivity index (χ2v) is 22.8. The van der Waals surface area contributed by atoms with Crippen LogP contribution in [0.25, 0.3) is 10.9 Å². The second kappa shape index (κ2) is 32.2. The molecule has 0 radical (unpaired) electrons. The summed E-state index contributed by atoms with van der Waals surface area (Å²) in [6.45, 7) is 10.2. The Morgan fingerprint density at radius 2 is 1.45 bits per heavy atom. The van der Waals surface area contributed by atoms with E-state index >= 15 is 0 Å². The minimum atomic E-state index is -1.45. The summed E-state index contributed by atoms with van der Waals surface area (Å²) in [6, 6.07) is 9.38. The van der Waals surface area contributed by atoms with E-state index in [1.165, 1.54) is 41.1 Å². The number of ether oxygens (including phenoxy) is 1. The average molecular weight is 1230 g/mol. The maximum absolute atomic E-state index is 14.7. The zero-order chi connectivity index (χ0) is 64.3. The molecule has 3 aromatic carbocycles. The first-order chi connectivity index (χ1) is 41.1. The van der Waals surface area contributed by atoms with Crippen molar-refractivity contribution in [2.24, 2.45) is 0 Å². The number of halogens is 1. The molecule has 0 bridgehead atoms. The number of aliphatic hydroxyl groups excluding tert-OH is 1. The zero-order valence-electron chi connectivity index (χ0n) is 50.9. The monoisotopic (exact) mass is 1220 g/mol. The number of benzene rings is 3. The first kappa shape index (κ1) is 69.1. The van der Waals surface area contributed by atoms with E-state index < -0.39 is 108 Å². The SMILES string of the molecule is CCCN(C(=O)NC(C=CC=O)C(O)N1CCCCC1)C(=O)N(C)C(=O)C(Cc1cccc(Cl)c1)N(C)C(=O)C(C)N(C)C(=O)CN(C)C(=O)[C@@H](Cc1ccc(OC(C)(C)C)cc1)NC(=O)NC(=O)NC(=O)C(Cc1c[nH]c2ccccc12)NC(C)=O. The van der Waals surface area contributed by atoms with E-state index in [2.05, 4.69) is 26.3 Å². The van der Waals surface area contributed by atoms with E-state index in [1.54, 1.807) is 72.6 Å². The smallest absolute Gasteiger partial charge is 0.334 e. The number of hydrogen-bond acceptors (Lipinski definition) is 14.